The molecule has 100 valence electrons. The van der Waals surface area contributed by atoms with E-state index in [4.69, 9.17) is 46.4 Å². The molecule has 0 bridgehead atoms. The van der Waals surface area contributed by atoms with Crippen molar-refractivity contribution in [2.24, 2.45) is 10.2 Å². The molecule has 1 aromatic carbocycles. The Bertz CT molecular complexity index is 439. The fourth-order valence-electron chi connectivity index (χ4n) is 0.976. The molecule has 0 N–H and O–H groups in total. The highest BCUT2D eigenvalue weighted by atomic mass is 35.5. The van der Waals surface area contributed by atoms with Crippen LogP contribution in [0.1, 0.15) is 5.56 Å². The second-order valence-electron chi connectivity index (χ2n) is 3.09. The van der Waals surface area contributed by atoms with Gasteiger partial charge in [-0.3, -0.25) is 0 Å². The number of hydrogen-bond acceptors (Lipinski definition) is 2. The molecule has 0 aliphatic rings. The fraction of sp³-hybridized carbons (Fsp3) is 0.333. The lowest BCUT2D eigenvalue weighted by Gasteiger charge is -2.09. The third-order valence-corrected chi connectivity index (χ3v) is 3.02. The summed E-state index contributed by atoms with van der Waals surface area (Å²) >= 11 is 22.3. The van der Waals surface area contributed by atoms with Crippen LogP contribution in [0.3, 0.4) is 0 Å². The van der Waals surface area contributed by atoms with Crippen molar-refractivity contribution in [2.75, 3.05) is 5.88 Å². The van der Waals surface area contributed by atoms with Crippen LogP contribution >= 0.6 is 46.4 Å². The molecule has 9 heteroatoms. The van der Waals surface area contributed by atoms with E-state index in [9.17, 15) is 13.2 Å². The van der Waals surface area contributed by atoms with Crippen molar-refractivity contribution in [1.29, 1.82) is 0 Å². The quantitative estimate of drug-likeness (QED) is 0.372. The zero-order valence-electron chi connectivity index (χ0n) is 8.48. The molecule has 0 spiro atoms. The molecule has 18 heavy (non-hydrogen) atoms. The summed E-state index contributed by atoms with van der Waals surface area (Å²) in [5.41, 5.74) is -1.85. The lowest BCUT2D eigenvalue weighted by atomic mass is 10.2. The first-order valence-electron chi connectivity index (χ1n) is 4.43. The number of rotatable bonds is 3. The van der Waals surface area contributed by atoms with Gasteiger partial charge in [0.2, 0.25) is 0 Å². The standard InChI is InChI=1S/C9H5Cl4F3N2/c10-3-7(13)17-18-8-5(11)1-4(2-6(8)12)9(14,15)16/h1-2,7H,3H2. The summed E-state index contributed by atoms with van der Waals surface area (Å²) in [6, 6.07) is 1.43. The average Bonchev–Trinajstić information content (AvgIpc) is 2.26. The van der Waals surface area contributed by atoms with Gasteiger partial charge in [0.15, 0.2) is 5.50 Å². The summed E-state index contributed by atoms with van der Waals surface area (Å²) in [7, 11) is 0. The van der Waals surface area contributed by atoms with Crippen LogP contribution in [0.2, 0.25) is 10.0 Å². The Morgan fingerprint density at radius 2 is 1.67 bits per heavy atom. The van der Waals surface area contributed by atoms with Crippen LogP contribution in [0.4, 0.5) is 18.9 Å². The first-order valence-corrected chi connectivity index (χ1v) is 6.15. The van der Waals surface area contributed by atoms with E-state index in [0.717, 1.165) is 0 Å². The Morgan fingerprint density at radius 1 is 1.17 bits per heavy atom. The van der Waals surface area contributed by atoms with E-state index in [1.807, 2.05) is 0 Å². The van der Waals surface area contributed by atoms with E-state index >= 15 is 0 Å². The highest BCUT2D eigenvalue weighted by Crippen LogP contribution is 2.40. The first kappa shape index (κ1) is 15.8. The van der Waals surface area contributed by atoms with E-state index < -0.39 is 17.2 Å². The van der Waals surface area contributed by atoms with Gasteiger partial charge >= 0.3 is 6.18 Å². The van der Waals surface area contributed by atoms with Gasteiger partial charge in [-0.25, -0.2) is 0 Å². The second kappa shape index (κ2) is 6.28. The summed E-state index contributed by atoms with van der Waals surface area (Å²) in [5.74, 6) is 0.000921. The first-order chi connectivity index (χ1) is 8.25. The topological polar surface area (TPSA) is 24.7 Å². The minimum Gasteiger partial charge on any atom is -0.168 e. The van der Waals surface area contributed by atoms with Gasteiger partial charge in [0.25, 0.3) is 0 Å². The van der Waals surface area contributed by atoms with E-state index in [1.165, 1.54) is 0 Å². The highest BCUT2D eigenvalue weighted by molar-refractivity contribution is 6.38. The van der Waals surface area contributed by atoms with Gasteiger partial charge < -0.3 is 0 Å². The molecule has 0 amide bonds. The molecule has 1 rings (SSSR count). The minimum atomic E-state index is -4.53. The Hall–Kier alpha value is -0.230. The molecule has 0 fully saturated rings. The van der Waals surface area contributed by atoms with Gasteiger partial charge in [0.05, 0.1) is 21.5 Å². The lowest BCUT2D eigenvalue weighted by molar-refractivity contribution is -0.137. The van der Waals surface area contributed by atoms with Crippen LogP contribution in [0.5, 0.6) is 0 Å². The Kier molecular flexibility index (Phi) is 5.52. The molecule has 0 saturated heterocycles. The maximum absolute atomic E-state index is 12.4. The maximum atomic E-state index is 12.4. The number of nitrogens with zero attached hydrogens (tertiary/aromatic N) is 2. The normalized spacial score (nSPS) is 14.2. The number of azo groups is 1. The summed E-state index contributed by atoms with van der Waals surface area (Å²) < 4.78 is 37.3. The molecule has 0 aromatic heterocycles. The molecule has 2 nitrogen and oxygen atoms in total. The highest BCUT2D eigenvalue weighted by Gasteiger charge is 2.32. The summed E-state index contributed by atoms with van der Waals surface area (Å²) in [6.45, 7) is 0. The summed E-state index contributed by atoms with van der Waals surface area (Å²) in [6.07, 6.45) is -4.53. The average molecular weight is 340 g/mol. The fourth-order valence-corrected chi connectivity index (χ4v) is 1.64. The molecule has 0 aliphatic carbocycles. The molecule has 1 aromatic rings. The van der Waals surface area contributed by atoms with Gasteiger partial charge in [-0.05, 0) is 12.1 Å². The van der Waals surface area contributed by atoms with Crippen molar-refractivity contribution in [2.45, 2.75) is 11.7 Å². The van der Waals surface area contributed by atoms with Gasteiger partial charge in [-0.15, -0.1) is 11.6 Å². The van der Waals surface area contributed by atoms with E-state index in [0.29, 0.717) is 12.1 Å². The smallest absolute Gasteiger partial charge is 0.168 e. The zero-order chi connectivity index (χ0) is 13.9. The SMILES string of the molecule is FC(F)(F)c1cc(Cl)c(N=NC(Cl)CCl)c(Cl)c1. The van der Waals surface area contributed by atoms with Crippen molar-refractivity contribution < 1.29 is 13.2 Å². The number of halogens is 7. The summed E-state index contributed by atoms with van der Waals surface area (Å²) in [4.78, 5) is 0. The number of benzene rings is 1. The molecular formula is C9H5Cl4F3N2. The predicted octanol–water partition coefficient (Wildman–Crippen LogP) is 5.90. The minimum absolute atomic E-state index is 0.000921. The van der Waals surface area contributed by atoms with Crippen molar-refractivity contribution in [3.63, 3.8) is 0 Å². The molecule has 1 unspecified atom stereocenters. The molecule has 0 saturated carbocycles. The van der Waals surface area contributed by atoms with Gasteiger partial charge in [0, 0.05) is 0 Å². The van der Waals surface area contributed by atoms with E-state index in [2.05, 4.69) is 10.2 Å². The van der Waals surface area contributed by atoms with Gasteiger partial charge in [-0.2, -0.15) is 23.4 Å². The monoisotopic (exact) mass is 338 g/mol. The van der Waals surface area contributed by atoms with Crippen molar-refractivity contribution in [1.82, 2.24) is 0 Å². The van der Waals surface area contributed by atoms with Crippen molar-refractivity contribution in [3.05, 3.63) is 27.7 Å². The molecule has 1 atom stereocenters. The van der Waals surface area contributed by atoms with Crippen LogP contribution in [0.25, 0.3) is 0 Å². The second-order valence-corrected chi connectivity index (χ2v) is 4.72. The van der Waals surface area contributed by atoms with Gasteiger partial charge in [-0.1, -0.05) is 34.8 Å². The van der Waals surface area contributed by atoms with Crippen molar-refractivity contribution in [3.8, 4) is 0 Å². The van der Waals surface area contributed by atoms with Crippen LogP contribution in [-0.4, -0.2) is 11.4 Å². The molecule has 0 aliphatic heterocycles. The third kappa shape index (κ3) is 4.16. The zero-order valence-corrected chi connectivity index (χ0v) is 11.5. The van der Waals surface area contributed by atoms with E-state index in [-0.39, 0.29) is 21.6 Å². The predicted molar refractivity (Wildman–Crippen MR) is 66.3 cm³/mol. The van der Waals surface area contributed by atoms with Crippen LogP contribution < -0.4 is 0 Å². The Labute approximate surface area is 121 Å². The van der Waals surface area contributed by atoms with Crippen molar-refractivity contribution >= 4 is 52.1 Å². The Balaban J connectivity index is 3.13. The molecular weight excluding hydrogens is 335 g/mol. The largest absolute Gasteiger partial charge is 0.416 e. The molecule has 0 heterocycles. The third-order valence-electron chi connectivity index (χ3n) is 1.75. The van der Waals surface area contributed by atoms with Crippen LogP contribution in [-0.2, 0) is 6.18 Å². The van der Waals surface area contributed by atoms with Crippen LogP contribution in [0.15, 0.2) is 22.4 Å². The van der Waals surface area contributed by atoms with E-state index in [1.54, 1.807) is 0 Å². The van der Waals surface area contributed by atoms with Crippen LogP contribution in [0, 0.1) is 0 Å². The van der Waals surface area contributed by atoms with Gasteiger partial charge in [0.1, 0.15) is 5.69 Å². The number of alkyl halides is 5. The summed E-state index contributed by atoms with van der Waals surface area (Å²) in [5, 5.41) is 6.58. The number of hydrogen-bond donors (Lipinski definition) is 0. The molecule has 0 radical (unpaired) electrons. The Morgan fingerprint density at radius 3 is 2.06 bits per heavy atom. The lowest BCUT2D eigenvalue weighted by Crippen LogP contribution is -2.04. The maximum Gasteiger partial charge on any atom is 0.416 e.